The van der Waals surface area contributed by atoms with Crippen LogP contribution >= 0.6 is 0 Å². The van der Waals surface area contributed by atoms with Gasteiger partial charge in [0.2, 0.25) is 0 Å². The molecule has 1 rings (SSSR count). The molecule has 0 saturated heterocycles. The van der Waals surface area contributed by atoms with Crippen molar-refractivity contribution in [2.75, 3.05) is 6.54 Å². The maximum Gasteiger partial charge on any atom is 0.115 e. The second kappa shape index (κ2) is 4.80. The third-order valence-corrected chi connectivity index (χ3v) is 3.18. The van der Waals surface area contributed by atoms with Gasteiger partial charge in [-0.1, -0.05) is 32.6 Å². The van der Waals surface area contributed by atoms with Crippen molar-refractivity contribution in [1.29, 1.82) is 0 Å². The van der Waals surface area contributed by atoms with Crippen LogP contribution in [-0.4, -0.2) is 12.7 Å². The van der Waals surface area contributed by atoms with Crippen molar-refractivity contribution >= 4 is 0 Å². The van der Waals surface area contributed by atoms with E-state index in [4.69, 9.17) is 5.73 Å². The minimum atomic E-state index is -0.754. The predicted octanol–water partition coefficient (Wildman–Crippen LogP) is 2.50. The van der Waals surface area contributed by atoms with Gasteiger partial charge in [-0.25, -0.2) is 4.39 Å². The lowest BCUT2D eigenvalue weighted by Gasteiger charge is -2.32. The first-order valence-corrected chi connectivity index (χ1v) is 5.13. The summed E-state index contributed by atoms with van der Waals surface area (Å²) in [5.74, 6) is 0.853. The lowest BCUT2D eigenvalue weighted by Crippen LogP contribution is -2.32. The number of halogens is 1. The summed E-state index contributed by atoms with van der Waals surface area (Å²) in [4.78, 5) is 0. The van der Waals surface area contributed by atoms with Gasteiger partial charge in [-0.05, 0) is 18.3 Å². The third-order valence-electron chi connectivity index (χ3n) is 3.18. The molecule has 1 saturated carbocycles. The summed E-state index contributed by atoms with van der Waals surface area (Å²) in [6.45, 7) is 2.37. The van der Waals surface area contributed by atoms with Crippen LogP contribution in [0.2, 0.25) is 0 Å². The summed E-state index contributed by atoms with van der Waals surface area (Å²) in [6, 6.07) is 0. The van der Waals surface area contributed by atoms with E-state index in [2.05, 4.69) is 6.92 Å². The van der Waals surface area contributed by atoms with E-state index in [1.54, 1.807) is 0 Å². The van der Waals surface area contributed by atoms with Crippen LogP contribution in [0.25, 0.3) is 0 Å². The smallest absolute Gasteiger partial charge is 0.115 e. The molecule has 0 aliphatic heterocycles. The topological polar surface area (TPSA) is 26.0 Å². The molecular weight excluding hydrogens is 153 g/mol. The molecule has 0 amide bonds. The Morgan fingerprint density at radius 1 is 1.42 bits per heavy atom. The van der Waals surface area contributed by atoms with Crippen LogP contribution in [-0.2, 0) is 0 Å². The molecule has 0 spiro atoms. The van der Waals surface area contributed by atoms with Crippen molar-refractivity contribution in [3.05, 3.63) is 0 Å². The number of nitrogens with two attached hydrogens (primary N) is 1. The van der Waals surface area contributed by atoms with Gasteiger partial charge in [-0.15, -0.1) is 0 Å². The lowest BCUT2D eigenvalue weighted by molar-refractivity contribution is 0.121. The highest BCUT2D eigenvalue weighted by atomic mass is 19.1. The zero-order valence-corrected chi connectivity index (χ0v) is 7.93. The normalized spacial score (nSPS) is 33.2. The number of alkyl halides is 1. The Balaban J connectivity index is 2.46. The monoisotopic (exact) mass is 173 g/mol. The summed E-state index contributed by atoms with van der Waals surface area (Å²) in [7, 11) is 0. The predicted molar refractivity (Wildman–Crippen MR) is 49.7 cm³/mol. The largest absolute Gasteiger partial charge is 0.328 e. The van der Waals surface area contributed by atoms with Crippen molar-refractivity contribution in [3.63, 3.8) is 0 Å². The van der Waals surface area contributed by atoms with Gasteiger partial charge in [-0.3, -0.25) is 0 Å². The van der Waals surface area contributed by atoms with E-state index in [-0.39, 0.29) is 12.5 Å². The molecule has 2 heteroatoms. The molecule has 0 aromatic carbocycles. The Labute approximate surface area is 74.5 Å². The molecule has 2 N–H and O–H groups in total. The lowest BCUT2D eigenvalue weighted by atomic mass is 9.75. The molecular formula is C10H20FN. The second-order valence-electron chi connectivity index (χ2n) is 3.87. The second-order valence-corrected chi connectivity index (χ2v) is 3.87. The maximum atomic E-state index is 13.3. The summed E-state index contributed by atoms with van der Waals surface area (Å²) in [6.07, 6.45) is 5.10. The molecule has 0 bridgehead atoms. The zero-order valence-electron chi connectivity index (χ0n) is 7.93. The minimum Gasteiger partial charge on any atom is -0.328 e. The average molecular weight is 173 g/mol. The van der Waals surface area contributed by atoms with E-state index < -0.39 is 6.17 Å². The summed E-state index contributed by atoms with van der Waals surface area (Å²) < 4.78 is 13.3. The van der Waals surface area contributed by atoms with Crippen LogP contribution in [0.15, 0.2) is 0 Å². The van der Waals surface area contributed by atoms with Crippen LogP contribution in [0, 0.1) is 11.8 Å². The summed E-state index contributed by atoms with van der Waals surface area (Å²) in [5, 5.41) is 0. The molecule has 3 atom stereocenters. The zero-order chi connectivity index (χ0) is 8.97. The Hall–Kier alpha value is -0.110. The fourth-order valence-electron chi connectivity index (χ4n) is 2.39. The third kappa shape index (κ3) is 2.19. The van der Waals surface area contributed by atoms with E-state index in [0.29, 0.717) is 5.92 Å². The molecule has 0 aromatic heterocycles. The Morgan fingerprint density at radius 2 is 2.08 bits per heavy atom. The highest BCUT2D eigenvalue weighted by Crippen LogP contribution is 2.35. The molecule has 72 valence electrons. The molecule has 0 aromatic rings. The standard InChI is InChI=1S/C10H20FN/c1-2-8-5-3-4-6-9(8)10(11)7-12/h8-10H,2-7,12H2,1H3. The van der Waals surface area contributed by atoms with Gasteiger partial charge in [0, 0.05) is 6.54 Å². The number of rotatable bonds is 3. The molecule has 3 unspecified atom stereocenters. The minimum absolute atomic E-state index is 0.209. The number of hydrogen-bond acceptors (Lipinski definition) is 1. The maximum absolute atomic E-state index is 13.3. The molecule has 1 fully saturated rings. The van der Waals surface area contributed by atoms with Crippen molar-refractivity contribution in [3.8, 4) is 0 Å². The van der Waals surface area contributed by atoms with Crippen molar-refractivity contribution in [1.82, 2.24) is 0 Å². The molecule has 12 heavy (non-hydrogen) atoms. The Bertz CT molecular complexity index is 127. The fraction of sp³-hybridized carbons (Fsp3) is 1.00. The summed E-state index contributed by atoms with van der Waals surface area (Å²) in [5.41, 5.74) is 5.34. The molecule has 1 nitrogen and oxygen atoms in total. The number of hydrogen-bond donors (Lipinski definition) is 1. The van der Waals surface area contributed by atoms with E-state index >= 15 is 0 Å². The van der Waals surface area contributed by atoms with Crippen LogP contribution in [0.3, 0.4) is 0 Å². The molecule has 1 aliphatic carbocycles. The first-order chi connectivity index (χ1) is 5.79. The average Bonchev–Trinajstić information content (AvgIpc) is 2.16. The van der Waals surface area contributed by atoms with E-state index in [0.717, 1.165) is 12.8 Å². The Kier molecular flexibility index (Phi) is 3.99. The fourth-order valence-corrected chi connectivity index (χ4v) is 2.39. The van der Waals surface area contributed by atoms with Crippen molar-refractivity contribution < 1.29 is 4.39 Å². The van der Waals surface area contributed by atoms with Gasteiger partial charge in [-0.2, -0.15) is 0 Å². The van der Waals surface area contributed by atoms with Crippen LogP contribution in [0.5, 0.6) is 0 Å². The van der Waals surface area contributed by atoms with Crippen LogP contribution in [0.1, 0.15) is 39.0 Å². The summed E-state index contributed by atoms with van der Waals surface area (Å²) >= 11 is 0. The molecule has 0 radical (unpaired) electrons. The van der Waals surface area contributed by atoms with E-state index in [9.17, 15) is 4.39 Å². The van der Waals surface area contributed by atoms with Gasteiger partial charge in [0.1, 0.15) is 6.17 Å². The van der Waals surface area contributed by atoms with E-state index in [1.807, 2.05) is 0 Å². The first-order valence-electron chi connectivity index (χ1n) is 5.13. The van der Waals surface area contributed by atoms with Gasteiger partial charge in [0.15, 0.2) is 0 Å². The van der Waals surface area contributed by atoms with Gasteiger partial charge < -0.3 is 5.73 Å². The van der Waals surface area contributed by atoms with Gasteiger partial charge in [0.25, 0.3) is 0 Å². The SMILES string of the molecule is CCC1CCCCC1C(F)CN. The van der Waals surface area contributed by atoms with Crippen LogP contribution in [0.4, 0.5) is 4.39 Å². The highest BCUT2D eigenvalue weighted by Gasteiger charge is 2.29. The van der Waals surface area contributed by atoms with Gasteiger partial charge >= 0.3 is 0 Å². The molecule has 0 heterocycles. The van der Waals surface area contributed by atoms with Crippen LogP contribution < -0.4 is 5.73 Å². The quantitative estimate of drug-likeness (QED) is 0.697. The van der Waals surface area contributed by atoms with Crippen molar-refractivity contribution in [2.24, 2.45) is 17.6 Å². The van der Waals surface area contributed by atoms with Crippen molar-refractivity contribution in [2.45, 2.75) is 45.2 Å². The Morgan fingerprint density at radius 3 is 2.67 bits per heavy atom. The van der Waals surface area contributed by atoms with E-state index in [1.165, 1.54) is 19.3 Å². The molecule has 1 aliphatic rings. The first kappa shape index (κ1) is 9.97. The van der Waals surface area contributed by atoms with Gasteiger partial charge in [0.05, 0.1) is 0 Å². The highest BCUT2D eigenvalue weighted by molar-refractivity contribution is 4.80.